The summed E-state index contributed by atoms with van der Waals surface area (Å²) >= 11 is 1.67. The molecule has 0 saturated heterocycles. The minimum atomic E-state index is -0.476. The zero-order valence-corrected chi connectivity index (χ0v) is 15.5. The van der Waals surface area contributed by atoms with Crippen molar-refractivity contribution in [3.8, 4) is 0 Å². The molecule has 0 atom stereocenters. The molecule has 7 heteroatoms. The van der Waals surface area contributed by atoms with Crippen LogP contribution >= 0.6 is 11.3 Å². The number of guanidine groups is 1. The zero-order chi connectivity index (χ0) is 17.3. The maximum Gasteiger partial charge on any atom is 0.410 e. The third-order valence-electron chi connectivity index (χ3n) is 2.97. The first-order valence-electron chi connectivity index (χ1n) is 7.79. The first-order chi connectivity index (χ1) is 10.9. The smallest absolute Gasteiger partial charge is 0.410 e. The number of carbonyl (C=O) groups excluding carboxylic acids is 1. The number of hydrogen-bond acceptors (Lipinski definition) is 4. The molecule has 6 nitrogen and oxygen atoms in total. The number of carbonyl (C=O) groups is 1. The monoisotopic (exact) mass is 340 g/mol. The van der Waals surface area contributed by atoms with Crippen LogP contribution in [0.2, 0.25) is 0 Å². The second-order valence-electron chi connectivity index (χ2n) is 6.04. The SMILES string of the molecule is CCN(CCNC(=NC)NCc1ccsc1)C(=O)OC(C)(C)C. The highest BCUT2D eigenvalue weighted by Crippen LogP contribution is 2.09. The Bertz CT molecular complexity index is 495. The Balaban J connectivity index is 2.35. The summed E-state index contributed by atoms with van der Waals surface area (Å²) in [5.74, 6) is 0.719. The topological polar surface area (TPSA) is 66.0 Å². The summed E-state index contributed by atoms with van der Waals surface area (Å²) < 4.78 is 5.39. The molecule has 0 unspecified atom stereocenters. The van der Waals surface area contributed by atoms with Crippen molar-refractivity contribution in [3.05, 3.63) is 22.4 Å². The lowest BCUT2D eigenvalue weighted by Gasteiger charge is -2.26. The minimum Gasteiger partial charge on any atom is -0.444 e. The largest absolute Gasteiger partial charge is 0.444 e. The Morgan fingerprint density at radius 1 is 1.39 bits per heavy atom. The molecule has 23 heavy (non-hydrogen) atoms. The van der Waals surface area contributed by atoms with Crippen LogP contribution in [0.3, 0.4) is 0 Å². The van der Waals surface area contributed by atoms with Crippen LogP contribution in [0.5, 0.6) is 0 Å². The fourth-order valence-electron chi connectivity index (χ4n) is 1.81. The molecule has 0 fully saturated rings. The lowest BCUT2D eigenvalue weighted by atomic mass is 10.2. The van der Waals surface area contributed by atoms with Gasteiger partial charge in [-0.25, -0.2) is 4.79 Å². The van der Waals surface area contributed by atoms with Crippen LogP contribution in [0.15, 0.2) is 21.8 Å². The van der Waals surface area contributed by atoms with Crippen LogP contribution in [-0.2, 0) is 11.3 Å². The lowest BCUT2D eigenvalue weighted by molar-refractivity contribution is 0.0264. The lowest BCUT2D eigenvalue weighted by Crippen LogP contribution is -2.44. The minimum absolute atomic E-state index is 0.289. The molecule has 0 saturated carbocycles. The highest BCUT2D eigenvalue weighted by Gasteiger charge is 2.20. The van der Waals surface area contributed by atoms with E-state index in [0.717, 1.165) is 12.5 Å². The van der Waals surface area contributed by atoms with E-state index in [1.807, 2.05) is 33.1 Å². The molecule has 1 amide bonds. The van der Waals surface area contributed by atoms with Gasteiger partial charge < -0.3 is 20.3 Å². The summed E-state index contributed by atoms with van der Waals surface area (Å²) in [6.07, 6.45) is -0.289. The van der Waals surface area contributed by atoms with Gasteiger partial charge in [-0.3, -0.25) is 4.99 Å². The molecule has 0 aromatic carbocycles. The van der Waals surface area contributed by atoms with E-state index in [1.165, 1.54) is 5.56 Å². The maximum absolute atomic E-state index is 12.0. The van der Waals surface area contributed by atoms with Gasteiger partial charge in [-0.1, -0.05) is 0 Å². The summed E-state index contributed by atoms with van der Waals surface area (Å²) in [4.78, 5) is 17.9. The number of nitrogens with one attached hydrogen (secondary N) is 2. The number of amides is 1. The van der Waals surface area contributed by atoms with E-state index >= 15 is 0 Å². The fraction of sp³-hybridized carbons (Fsp3) is 0.625. The Labute approximate surface area is 142 Å². The number of hydrogen-bond donors (Lipinski definition) is 2. The number of rotatable bonds is 6. The Morgan fingerprint density at radius 3 is 2.65 bits per heavy atom. The molecule has 0 spiro atoms. The van der Waals surface area contributed by atoms with Crippen LogP contribution in [0.1, 0.15) is 33.3 Å². The molecular weight excluding hydrogens is 312 g/mol. The standard InChI is InChI=1S/C16H28N4O2S/c1-6-20(15(21)22-16(2,3)4)9-8-18-14(17-5)19-11-13-7-10-23-12-13/h7,10,12H,6,8-9,11H2,1-5H3,(H2,17,18,19). The van der Waals surface area contributed by atoms with Crippen molar-refractivity contribution >= 4 is 23.4 Å². The molecule has 0 radical (unpaired) electrons. The maximum atomic E-state index is 12.0. The van der Waals surface area contributed by atoms with E-state index in [1.54, 1.807) is 23.3 Å². The van der Waals surface area contributed by atoms with Crippen molar-refractivity contribution in [1.82, 2.24) is 15.5 Å². The number of ether oxygens (including phenoxy) is 1. The molecule has 0 aliphatic rings. The summed E-state index contributed by atoms with van der Waals surface area (Å²) in [6.45, 7) is 10.0. The highest BCUT2D eigenvalue weighted by atomic mass is 32.1. The molecule has 1 heterocycles. The first-order valence-corrected chi connectivity index (χ1v) is 8.73. The zero-order valence-electron chi connectivity index (χ0n) is 14.7. The van der Waals surface area contributed by atoms with E-state index in [0.29, 0.717) is 19.6 Å². The second-order valence-corrected chi connectivity index (χ2v) is 6.82. The van der Waals surface area contributed by atoms with Crippen molar-refractivity contribution < 1.29 is 9.53 Å². The van der Waals surface area contributed by atoms with Gasteiger partial charge in [0.2, 0.25) is 0 Å². The summed E-state index contributed by atoms with van der Waals surface area (Å²) in [7, 11) is 1.73. The van der Waals surface area contributed by atoms with Gasteiger partial charge in [-0.2, -0.15) is 11.3 Å². The van der Waals surface area contributed by atoms with Gasteiger partial charge in [0.1, 0.15) is 5.60 Å². The van der Waals surface area contributed by atoms with Crippen LogP contribution < -0.4 is 10.6 Å². The number of nitrogens with zero attached hydrogens (tertiary/aromatic N) is 2. The van der Waals surface area contributed by atoms with Gasteiger partial charge in [-0.15, -0.1) is 0 Å². The molecule has 2 N–H and O–H groups in total. The van der Waals surface area contributed by atoms with Crippen molar-refractivity contribution in [2.24, 2.45) is 4.99 Å². The van der Waals surface area contributed by atoms with E-state index < -0.39 is 5.60 Å². The van der Waals surface area contributed by atoms with Crippen LogP contribution in [0.25, 0.3) is 0 Å². The van der Waals surface area contributed by atoms with Gasteiger partial charge >= 0.3 is 6.09 Å². The molecule has 0 aliphatic heterocycles. The average molecular weight is 340 g/mol. The van der Waals surface area contributed by atoms with Crippen LogP contribution in [-0.4, -0.2) is 49.2 Å². The normalized spacial score (nSPS) is 12.0. The third-order valence-corrected chi connectivity index (χ3v) is 3.70. The van der Waals surface area contributed by atoms with E-state index in [2.05, 4.69) is 27.1 Å². The summed E-state index contributed by atoms with van der Waals surface area (Å²) in [5, 5.41) is 10.6. The van der Waals surface area contributed by atoms with Crippen molar-refractivity contribution in [2.45, 2.75) is 39.8 Å². The molecule has 1 rings (SSSR count). The van der Waals surface area contributed by atoms with Gasteiger partial charge in [0, 0.05) is 33.2 Å². The van der Waals surface area contributed by atoms with E-state index in [9.17, 15) is 4.79 Å². The second kappa shape index (κ2) is 9.39. The Kier molecular flexibility index (Phi) is 7.88. The van der Waals surface area contributed by atoms with Gasteiger partial charge in [-0.05, 0) is 50.1 Å². The van der Waals surface area contributed by atoms with Gasteiger partial charge in [0.05, 0.1) is 0 Å². The predicted octanol–water partition coefficient (Wildman–Crippen LogP) is 2.67. The molecule has 0 aliphatic carbocycles. The van der Waals surface area contributed by atoms with Crippen molar-refractivity contribution in [1.29, 1.82) is 0 Å². The summed E-state index contributed by atoms with van der Waals surface area (Å²) in [6, 6.07) is 2.08. The predicted molar refractivity (Wildman–Crippen MR) is 96.0 cm³/mol. The quantitative estimate of drug-likeness (QED) is 0.617. The number of thiophene rings is 1. The average Bonchev–Trinajstić information content (AvgIpc) is 2.98. The highest BCUT2D eigenvalue weighted by molar-refractivity contribution is 7.07. The summed E-state index contributed by atoms with van der Waals surface area (Å²) in [5.41, 5.74) is 0.748. The molecule has 1 aromatic heterocycles. The molecule has 130 valence electrons. The number of likely N-dealkylation sites (N-methyl/N-ethyl adjacent to an activating group) is 1. The van der Waals surface area contributed by atoms with Crippen molar-refractivity contribution in [2.75, 3.05) is 26.7 Å². The van der Waals surface area contributed by atoms with Gasteiger partial charge in [0.15, 0.2) is 5.96 Å². The van der Waals surface area contributed by atoms with Crippen LogP contribution in [0, 0.1) is 0 Å². The molecular formula is C16H28N4O2S. The Hall–Kier alpha value is -1.76. The van der Waals surface area contributed by atoms with E-state index in [4.69, 9.17) is 4.74 Å². The van der Waals surface area contributed by atoms with E-state index in [-0.39, 0.29) is 6.09 Å². The number of aliphatic imine (C=N–C) groups is 1. The van der Waals surface area contributed by atoms with Crippen LogP contribution in [0.4, 0.5) is 4.79 Å². The molecule has 0 bridgehead atoms. The fourth-order valence-corrected chi connectivity index (χ4v) is 2.48. The third kappa shape index (κ3) is 7.88. The van der Waals surface area contributed by atoms with Crippen molar-refractivity contribution in [3.63, 3.8) is 0 Å². The Morgan fingerprint density at radius 2 is 2.13 bits per heavy atom. The first kappa shape index (κ1) is 19.3. The molecule has 1 aromatic rings. The van der Waals surface area contributed by atoms with Gasteiger partial charge in [0.25, 0.3) is 0 Å².